The lowest BCUT2D eigenvalue weighted by molar-refractivity contribution is 0.0996. The minimum absolute atomic E-state index is 0.287. The van der Waals surface area contributed by atoms with Gasteiger partial charge in [-0.25, -0.2) is 9.97 Å². The third-order valence-corrected chi connectivity index (χ3v) is 8.19. The molecule has 5 N–H and O–H groups in total. The van der Waals surface area contributed by atoms with E-state index in [0.29, 0.717) is 60.5 Å². The first-order valence-corrected chi connectivity index (χ1v) is 15.8. The second-order valence-corrected chi connectivity index (χ2v) is 11.6. The van der Waals surface area contributed by atoms with Crippen molar-refractivity contribution in [2.75, 3.05) is 10.6 Å². The maximum atomic E-state index is 13.4. The molecule has 2 amide bonds. The van der Waals surface area contributed by atoms with Crippen LogP contribution in [0.25, 0.3) is 22.1 Å². The summed E-state index contributed by atoms with van der Waals surface area (Å²) in [6.07, 6.45) is 2.88. The van der Waals surface area contributed by atoms with Crippen LogP contribution in [0.2, 0.25) is 0 Å². The highest BCUT2D eigenvalue weighted by Gasteiger charge is 2.20. The number of benzene rings is 2. The van der Waals surface area contributed by atoms with Gasteiger partial charge in [0.05, 0.1) is 39.1 Å². The monoisotopic (exact) mass is 649 g/mol. The zero-order valence-corrected chi connectivity index (χ0v) is 27.6. The van der Waals surface area contributed by atoms with E-state index >= 15 is 0 Å². The Labute approximate surface area is 276 Å². The van der Waals surface area contributed by atoms with Gasteiger partial charge in [0.1, 0.15) is 5.69 Å². The van der Waals surface area contributed by atoms with Gasteiger partial charge in [0.25, 0.3) is 5.91 Å². The molecule has 0 aliphatic rings. The lowest BCUT2D eigenvalue weighted by Gasteiger charge is -2.16. The summed E-state index contributed by atoms with van der Waals surface area (Å²) in [6, 6.07) is 14.6. The number of imidazole rings is 2. The van der Waals surface area contributed by atoms with E-state index in [2.05, 4.69) is 20.8 Å². The zero-order chi connectivity index (χ0) is 34.1. The molecular weight excluding hydrogens is 610 g/mol. The number of carbonyl (C=O) groups is 2. The lowest BCUT2D eigenvalue weighted by atomic mass is 10.2. The molecule has 14 nitrogen and oxygen atoms in total. The number of nitrogens with zero attached hydrogens (tertiary/aromatic N) is 8. The van der Waals surface area contributed by atoms with Crippen molar-refractivity contribution in [2.45, 2.75) is 67.0 Å². The second-order valence-electron chi connectivity index (χ2n) is 11.6. The molecule has 48 heavy (non-hydrogen) atoms. The number of primary amides is 1. The Balaban J connectivity index is 1.30. The van der Waals surface area contributed by atoms with E-state index in [-0.39, 0.29) is 5.91 Å². The molecule has 0 fully saturated rings. The van der Waals surface area contributed by atoms with Crippen molar-refractivity contribution in [3.05, 3.63) is 94.6 Å². The number of aromatic nitrogens is 8. The van der Waals surface area contributed by atoms with Crippen molar-refractivity contribution < 1.29 is 14.7 Å². The Morgan fingerprint density at radius 1 is 0.875 bits per heavy atom. The van der Waals surface area contributed by atoms with Crippen molar-refractivity contribution in [3.63, 3.8) is 0 Å². The number of nitrogens with one attached hydrogen (secondary N) is 2. The number of hydrogen-bond donors (Lipinski definition) is 4. The Hall–Kier alpha value is -5.76. The number of hydrogen-bond acceptors (Lipinski definition) is 8. The van der Waals surface area contributed by atoms with E-state index in [9.17, 15) is 14.7 Å². The summed E-state index contributed by atoms with van der Waals surface area (Å²) >= 11 is 0. The van der Waals surface area contributed by atoms with E-state index in [1.54, 1.807) is 33.6 Å². The predicted molar refractivity (Wildman–Crippen MR) is 184 cm³/mol. The third kappa shape index (κ3) is 6.17. The van der Waals surface area contributed by atoms with Crippen LogP contribution in [0.15, 0.2) is 60.7 Å². The van der Waals surface area contributed by atoms with E-state index in [0.717, 1.165) is 33.5 Å². The molecule has 0 aliphatic carbocycles. The van der Waals surface area contributed by atoms with Gasteiger partial charge in [-0.15, -0.1) is 0 Å². The molecular formula is C34H39N11O3. The molecule has 0 saturated heterocycles. The number of aryl methyl sites for hydroxylation is 5. The highest BCUT2D eigenvalue weighted by molar-refractivity contribution is 6.03. The van der Waals surface area contributed by atoms with Gasteiger partial charge in [-0.05, 0) is 76.6 Å². The molecule has 4 heterocycles. The Morgan fingerprint density at radius 3 is 2.27 bits per heavy atom. The molecule has 2 aromatic carbocycles. The van der Waals surface area contributed by atoms with Crippen LogP contribution in [-0.2, 0) is 26.2 Å². The Morgan fingerprint density at radius 2 is 1.56 bits per heavy atom. The number of nitrogens with two attached hydrogens (primary N) is 1. The molecule has 14 heteroatoms. The second kappa shape index (κ2) is 13.2. The molecule has 248 valence electrons. The van der Waals surface area contributed by atoms with Gasteiger partial charge in [-0.2, -0.15) is 10.2 Å². The number of anilines is 2. The van der Waals surface area contributed by atoms with Crippen LogP contribution in [0.3, 0.4) is 0 Å². The van der Waals surface area contributed by atoms with Gasteiger partial charge in [-0.1, -0.05) is 24.3 Å². The van der Waals surface area contributed by atoms with Gasteiger partial charge in [0, 0.05) is 31.7 Å². The summed E-state index contributed by atoms with van der Waals surface area (Å²) in [6.45, 7) is 11.6. The van der Waals surface area contributed by atoms with Crippen molar-refractivity contribution in [2.24, 2.45) is 5.73 Å². The summed E-state index contributed by atoms with van der Waals surface area (Å²) in [7, 11) is 0. The summed E-state index contributed by atoms with van der Waals surface area (Å²) in [5.41, 5.74) is 12.5. The van der Waals surface area contributed by atoms with Crippen molar-refractivity contribution in [3.8, 4) is 0 Å². The van der Waals surface area contributed by atoms with Gasteiger partial charge in [0.15, 0.2) is 6.23 Å². The number of allylic oxidation sites excluding steroid dienone is 2. The molecule has 0 spiro atoms. The van der Waals surface area contributed by atoms with Crippen LogP contribution in [0.1, 0.15) is 63.6 Å². The van der Waals surface area contributed by atoms with Crippen molar-refractivity contribution in [1.82, 2.24) is 38.7 Å². The first-order valence-electron chi connectivity index (χ1n) is 15.8. The number of para-hydroxylation sites is 1. The fourth-order valence-corrected chi connectivity index (χ4v) is 5.88. The minimum atomic E-state index is -1.08. The molecule has 1 atom stereocenters. The number of aliphatic hydroxyl groups is 1. The largest absolute Gasteiger partial charge is 0.368 e. The number of aliphatic hydroxyl groups excluding tert-OH is 1. The zero-order valence-electron chi connectivity index (χ0n) is 27.6. The van der Waals surface area contributed by atoms with Gasteiger partial charge in [-0.3, -0.25) is 24.3 Å². The van der Waals surface area contributed by atoms with Crippen LogP contribution in [0.5, 0.6) is 0 Å². The van der Waals surface area contributed by atoms with Crippen LogP contribution in [-0.4, -0.2) is 55.6 Å². The molecule has 6 rings (SSSR count). The molecule has 4 aromatic heterocycles. The first kappa shape index (κ1) is 32.2. The van der Waals surface area contributed by atoms with Gasteiger partial charge in [0.2, 0.25) is 17.8 Å². The fraction of sp³-hybridized carbons (Fsp3) is 0.294. The lowest BCUT2D eigenvalue weighted by Crippen LogP contribution is -2.19. The SMILES string of the molecule is CCn1nc(C)cc1C(=O)Nc1nc2c(C)cccc2n1C/C=C/Cn1c(NC(O)c2cc(C)nn2CC)nc2cc(C(N)=O)ccc21. The Kier molecular flexibility index (Phi) is 8.82. The average molecular weight is 650 g/mol. The minimum Gasteiger partial charge on any atom is -0.368 e. The van der Waals surface area contributed by atoms with Gasteiger partial charge >= 0.3 is 0 Å². The summed E-state index contributed by atoms with van der Waals surface area (Å²) < 4.78 is 7.27. The number of fused-ring (bicyclic) bond motifs is 2. The number of amides is 2. The van der Waals surface area contributed by atoms with Crippen LogP contribution >= 0.6 is 0 Å². The van der Waals surface area contributed by atoms with E-state index in [4.69, 9.17) is 15.7 Å². The molecule has 0 aliphatic heterocycles. The third-order valence-electron chi connectivity index (χ3n) is 8.19. The summed E-state index contributed by atoms with van der Waals surface area (Å²) in [5.74, 6) is -0.00601. The van der Waals surface area contributed by atoms with Crippen LogP contribution in [0, 0.1) is 20.8 Å². The Bertz CT molecular complexity index is 2180. The highest BCUT2D eigenvalue weighted by atomic mass is 16.3. The number of carbonyl (C=O) groups excluding carboxylic acids is 2. The molecule has 6 aromatic rings. The molecule has 0 radical (unpaired) electrons. The molecule has 0 bridgehead atoms. The highest BCUT2D eigenvalue weighted by Crippen LogP contribution is 2.26. The molecule has 0 saturated carbocycles. The van der Waals surface area contributed by atoms with Crippen LogP contribution in [0.4, 0.5) is 11.9 Å². The van der Waals surface area contributed by atoms with Crippen molar-refractivity contribution in [1.29, 1.82) is 0 Å². The van der Waals surface area contributed by atoms with E-state index in [1.165, 1.54) is 0 Å². The fourth-order valence-electron chi connectivity index (χ4n) is 5.88. The van der Waals surface area contributed by atoms with E-state index in [1.807, 2.05) is 80.2 Å². The van der Waals surface area contributed by atoms with Crippen LogP contribution < -0.4 is 16.4 Å². The summed E-state index contributed by atoms with van der Waals surface area (Å²) in [5, 5.41) is 26.1. The standard InChI is InChI=1S/C34H39N11O3/c1-6-44-27(17-21(4)40-44)31(47)38-33-36-24-19-23(30(35)46)13-14-25(24)42(33)15-8-9-16-43-26-12-10-11-20(3)29(26)37-34(43)39-32(48)28-18-22(5)41-45(28)7-2/h8-14,17-19,31,47H,6-7,15-16H2,1-5H3,(H2,35,46)(H,36,38)(H,37,39,48)/b9-8+. The topological polar surface area (TPSA) is 176 Å². The van der Waals surface area contributed by atoms with E-state index < -0.39 is 12.1 Å². The number of rotatable bonds is 12. The first-order chi connectivity index (χ1) is 23.1. The van der Waals surface area contributed by atoms with Gasteiger partial charge < -0.3 is 25.3 Å². The maximum absolute atomic E-state index is 13.4. The predicted octanol–water partition coefficient (Wildman–Crippen LogP) is 4.45. The summed E-state index contributed by atoms with van der Waals surface area (Å²) in [4.78, 5) is 34.7. The van der Waals surface area contributed by atoms with Crippen molar-refractivity contribution >= 4 is 45.8 Å². The molecule has 1 unspecified atom stereocenters. The average Bonchev–Trinajstić information content (AvgIpc) is 3.82. The quantitative estimate of drug-likeness (QED) is 0.111. The smallest absolute Gasteiger partial charge is 0.276 e. The normalized spacial score (nSPS) is 12.4. The maximum Gasteiger partial charge on any atom is 0.276 e.